The van der Waals surface area contributed by atoms with E-state index in [-0.39, 0.29) is 31.4 Å². The van der Waals surface area contributed by atoms with Crippen LogP contribution >= 0.6 is 11.6 Å². The summed E-state index contributed by atoms with van der Waals surface area (Å²) in [6.07, 6.45) is 1.02. The molecule has 1 N–H and O–H groups in total. The van der Waals surface area contributed by atoms with Crippen molar-refractivity contribution in [2.45, 2.75) is 39.2 Å². The number of ether oxygens (including phenoxy) is 2. The molecule has 0 spiro atoms. The zero-order chi connectivity index (χ0) is 27.8. The zero-order valence-corrected chi connectivity index (χ0v) is 23.3. The Bertz CT molecular complexity index is 1210. The van der Waals surface area contributed by atoms with Crippen LogP contribution in [0, 0.1) is 0 Å². The molecule has 2 aromatic carbocycles. The minimum atomic E-state index is -0.432. The minimum Gasteiger partial charge on any atom is -0.463 e. The lowest BCUT2D eigenvalue weighted by atomic mass is 9.83. The minimum absolute atomic E-state index is 0.0902. The standard InChI is InChI=1S/C30H36ClN3O5/c1-3-39-30(37)28-21(2)34(27(35)19-26(28)24-6-4-7-25(31)18-24)20-22-8-10-23(11-9-22)29(36)32-12-5-13-33-14-16-38-17-15-33/h4,6-11,18,26H,3,5,12-17,19-20H2,1-2H3,(H,32,36). The van der Waals surface area contributed by atoms with Crippen LogP contribution < -0.4 is 5.32 Å². The van der Waals surface area contributed by atoms with Gasteiger partial charge in [-0.2, -0.15) is 0 Å². The van der Waals surface area contributed by atoms with Gasteiger partial charge in [-0.05, 0) is 62.2 Å². The van der Waals surface area contributed by atoms with Gasteiger partial charge in [-0.3, -0.25) is 14.5 Å². The molecule has 1 fully saturated rings. The van der Waals surface area contributed by atoms with Crippen LogP contribution in [0.15, 0.2) is 59.8 Å². The summed E-state index contributed by atoms with van der Waals surface area (Å²) in [5.41, 5.74) is 3.26. The highest BCUT2D eigenvalue weighted by molar-refractivity contribution is 6.30. The highest BCUT2D eigenvalue weighted by Crippen LogP contribution is 2.38. The largest absolute Gasteiger partial charge is 0.463 e. The molecular formula is C30H36ClN3O5. The monoisotopic (exact) mass is 553 g/mol. The molecule has 2 heterocycles. The van der Waals surface area contributed by atoms with Crippen LogP contribution in [-0.2, 0) is 25.6 Å². The molecule has 1 unspecified atom stereocenters. The number of nitrogens with one attached hydrogen (secondary N) is 1. The van der Waals surface area contributed by atoms with Crippen LogP contribution in [-0.4, -0.2) is 73.6 Å². The van der Waals surface area contributed by atoms with Crippen molar-refractivity contribution in [1.29, 1.82) is 0 Å². The van der Waals surface area contributed by atoms with Crippen molar-refractivity contribution in [3.63, 3.8) is 0 Å². The molecule has 8 nitrogen and oxygen atoms in total. The van der Waals surface area contributed by atoms with E-state index in [1.807, 2.05) is 24.3 Å². The van der Waals surface area contributed by atoms with E-state index in [1.54, 1.807) is 43.0 Å². The smallest absolute Gasteiger partial charge is 0.336 e. The molecule has 4 rings (SSSR count). The summed E-state index contributed by atoms with van der Waals surface area (Å²) in [5, 5.41) is 3.52. The number of nitrogens with zero attached hydrogens (tertiary/aromatic N) is 2. The molecule has 1 saturated heterocycles. The third kappa shape index (κ3) is 7.47. The molecule has 39 heavy (non-hydrogen) atoms. The Balaban J connectivity index is 1.42. The van der Waals surface area contributed by atoms with Crippen LogP contribution in [0.3, 0.4) is 0 Å². The summed E-state index contributed by atoms with van der Waals surface area (Å²) in [4.78, 5) is 42.8. The molecule has 1 atom stereocenters. The fourth-order valence-corrected chi connectivity index (χ4v) is 5.26. The van der Waals surface area contributed by atoms with Gasteiger partial charge in [0.15, 0.2) is 0 Å². The van der Waals surface area contributed by atoms with E-state index >= 15 is 0 Å². The maximum absolute atomic E-state index is 13.3. The number of amides is 2. The molecule has 0 aromatic heterocycles. The van der Waals surface area contributed by atoms with Gasteiger partial charge < -0.3 is 19.7 Å². The molecule has 2 aliphatic heterocycles. The van der Waals surface area contributed by atoms with Gasteiger partial charge in [-0.1, -0.05) is 35.9 Å². The highest BCUT2D eigenvalue weighted by Gasteiger charge is 2.37. The lowest BCUT2D eigenvalue weighted by molar-refractivity contribution is -0.140. The first-order valence-electron chi connectivity index (χ1n) is 13.5. The molecule has 9 heteroatoms. The van der Waals surface area contributed by atoms with E-state index in [4.69, 9.17) is 21.1 Å². The van der Waals surface area contributed by atoms with Crippen LogP contribution in [0.4, 0.5) is 0 Å². The van der Waals surface area contributed by atoms with Crippen molar-refractivity contribution in [2.24, 2.45) is 0 Å². The van der Waals surface area contributed by atoms with E-state index in [0.717, 1.165) is 50.4 Å². The molecule has 2 amide bonds. The normalized spacial score (nSPS) is 18.3. The van der Waals surface area contributed by atoms with E-state index in [0.29, 0.717) is 28.4 Å². The summed E-state index contributed by atoms with van der Waals surface area (Å²) in [6, 6.07) is 14.5. The number of carbonyl (C=O) groups excluding carboxylic acids is 3. The number of esters is 1. The van der Waals surface area contributed by atoms with Crippen molar-refractivity contribution in [3.8, 4) is 0 Å². The number of benzene rings is 2. The van der Waals surface area contributed by atoms with Crippen molar-refractivity contribution >= 4 is 29.4 Å². The third-order valence-corrected chi connectivity index (χ3v) is 7.40. The first kappa shape index (κ1) is 28.8. The predicted octanol–water partition coefficient (Wildman–Crippen LogP) is 4.15. The van der Waals surface area contributed by atoms with Gasteiger partial charge in [0.05, 0.1) is 31.9 Å². The summed E-state index contributed by atoms with van der Waals surface area (Å²) in [7, 11) is 0. The van der Waals surface area contributed by atoms with E-state index in [9.17, 15) is 14.4 Å². The first-order valence-corrected chi connectivity index (χ1v) is 13.9. The molecule has 208 valence electrons. The Kier molecular flexibility index (Phi) is 10.1. The number of morpholine rings is 1. The Morgan fingerprint density at radius 3 is 2.56 bits per heavy atom. The molecular weight excluding hydrogens is 518 g/mol. The molecule has 0 aliphatic carbocycles. The molecule has 0 saturated carbocycles. The fraction of sp³-hybridized carbons (Fsp3) is 0.433. The number of rotatable bonds is 10. The average molecular weight is 554 g/mol. The Hall–Kier alpha value is -3.20. The van der Waals surface area contributed by atoms with Crippen molar-refractivity contribution in [3.05, 3.63) is 81.5 Å². The van der Waals surface area contributed by atoms with Gasteiger partial charge in [-0.25, -0.2) is 4.79 Å². The second-order valence-electron chi connectivity index (χ2n) is 9.77. The van der Waals surface area contributed by atoms with Crippen LogP contribution in [0.2, 0.25) is 5.02 Å². The lowest BCUT2D eigenvalue weighted by Gasteiger charge is -2.34. The summed E-state index contributed by atoms with van der Waals surface area (Å²) in [6.45, 7) is 9.01. The zero-order valence-electron chi connectivity index (χ0n) is 22.6. The predicted molar refractivity (Wildman–Crippen MR) is 149 cm³/mol. The lowest BCUT2D eigenvalue weighted by Crippen LogP contribution is -2.38. The average Bonchev–Trinajstić information content (AvgIpc) is 2.94. The Morgan fingerprint density at radius 1 is 1.13 bits per heavy atom. The SMILES string of the molecule is CCOC(=O)C1=C(C)N(Cc2ccc(C(=O)NCCCN3CCOCC3)cc2)C(=O)CC1c1cccc(Cl)c1. The van der Waals surface area contributed by atoms with Crippen molar-refractivity contribution in [1.82, 2.24) is 15.1 Å². The molecule has 2 aliphatic rings. The highest BCUT2D eigenvalue weighted by atomic mass is 35.5. The van der Waals surface area contributed by atoms with E-state index < -0.39 is 11.9 Å². The van der Waals surface area contributed by atoms with Gasteiger partial charge in [-0.15, -0.1) is 0 Å². The van der Waals surface area contributed by atoms with E-state index in [2.05, 4.69) is 10.2 Å². The maximum Gasteiger partial charge on any atom is 0.336 e. The molecule has 0 radical (unpaired) electrons. The van der Waals surface area contributed by atoms with Crippen LogP contribution in [0.25, 0.3) is 0 Å². The topological polar surface area (TPSA) is 88.2 Å². The second-order valence-corrected chi connectivity index (χ2v) is 10.2. The van der Waals surface area contributed by atoms with Crippen LogP contribution in [0.5, 0.6) is 0 Å². The van der Waals surface area contributed by atoms with E-state index in [1.165, 1.54) is 0 Å². The number of allylic oxidation sites excluding steroid dienone is 1. The van der Waals surface area contributed by atoms with Gasteiger partial charge in [0.1, 0.15) is 0 Å². The number of hydrogen-bond donors (Lipinski definition) is 1. The number of halogens is 1. The Morgan fingerprint density at radius 2 is 1.87 bits per heavy atom. The summed E-state index contributed by atoms with van der Waals surface area (Å²) in [5.74, 6) is -1.07. The van der Waals surface area contributed by atoms with Crippen molar-refractivity contribution < 1.29 is 23.9 Å². The molecule has 2 aromatic rings. The van der Waals surface area contributed by atoms with Crippen LogP contribution in [0.1, 0.15) is 54.1 Å². The maximum atomic E-state index is 13.3. The second kappa shape index (κ2) is 13.7. The van der Waals surface area contributed by atoms with Gasteiger partial charge in [0.25, 0.3) is 5.91 Å². The quantitative estimate of drug-likeness (QED) is 0.351. The van der Waals surface area contributed by atoms with Crippen molar-refractivity contribution in [2.75, 3.05) is 46.0 Å². The Labute approximate surface area is 234 Å². The van der Waals surface area contributed by atoms with Gasteiger partial charge in [0.2, 0.25) is 5.91 Å². The van der Waals surface area contributed by atoms with Gasteiger partial charge >= 0.3 is 5.97 Å². The first-order chi connectivity index (χ1) is 18.9. The summed E-state index contributed by atoms with van der Waals surface area (Å²) >= 11 is 6.20. The summed E-state index contributed by atoms with van der Waals surface area (Å²) < 4.78 is 10.7. The number of hydrogen-bond acceptors (Lipinski definition) is 6. The molecule has 0 bridgehead atoms. The number of carbonyl (C=O) groups is 3. The fourth-order valence-electron chi connectivity index (χ4n) is 5.06. The van der Waals surface area contributed by atoms with Gasteiger partial charge in [0, 0.05) is 48.3 Å². The third-order valence-electron chi connectivity index (χ3n) is 7.17.